The Balaban J connectivity index is 1.52. The average Bonchev–Trinajstić information content (AvgIpc) is 3.39. The third-order valence-electron chi connectivity index (χ3n) is 6.31. The number of aromatic nitrogens is 1. The molecule has 2 aromatic heterocycles. The molecule has 3 N–H and O–H groups in total. The molecule has 1 fully saturated rings. The number of hydrogen-bond acceptors (Lipinski definition) is 6. The van der Waals surface area contributed by atoms with Crippen LogP contribution in [0.25, 0.3) is 16.3 Å². The van der Waals surface area contributed by atoms with Crippen LogP contribution in [0.1, 0.15) is 35.3 Å². The number of pyridine rings is 1. The Morgan fingerprint density at radius 1 is 1.19 bits per heavy atom. The Morgan fingerprint density at radius 3 is 2.67 bits per heavy atom. The molecule has 6 nitrogen and oxygen atoms in total. The number of nitrogens with zero attached hydrogens (tertiary/aromatic N) is 2. The fourth-order valence-electron chi connectivity index (χ4n) is 4.23. The second kappa shape index (κ2) is 11.3. The molecule has 1 aromatic carbocycles. The van der Waals surface area contributed by atoms with E-state index < -0.39 is 11.7 Å². The van der Waals surface area contributed by atoms with Crippen molar-refractivity contribution < 1.29 is 18.0 Å². The average molecular weight is 518 g/mol. The first-order valence-corrected chi connectivity index (χ1v) is 12.9. The van der Waals surface area contributed by atoms with E-state index >= 15 is 0 Å². The first-order valence-electron chi connectivity index (χ1n) is 11.9. The maximum atomic E-state index is 13.6. The molecule has 36 heavy (non-hydrogen) atoms. The van der Waals surface area contributed by atoms with Gasteiger partial charge in [-0.2, -0.15) is 24.5 Å². The molecule has 1 aliphatic rings. The number of fused-ring (bicyclic) bond motifs is 1. The maximum absolute atomic E-state index is 13.6. The molecule has 10 heteroatoms. The Kier molecular flexibility index (Phi) is 8.15. The lowest BCUT2D eigenvalue weighted by Crippen LogP contribution is -2.36. The third-order valence-corrected chi connectivity index (χ3v) is 6.99. The van der Waals surface area contributed by atoms with E-state index in [1.807, 2.05) is 11.4 Å². The van der Waals surface area contributed by atoms with Gasteiger partial charge in [-0.3, -0.25) is 4.79 Å². The van der Waals surface area contributed by atoms with E-state index in [2.05, 4.69) is 39.5 Å². The first kappa shape index (κ1) is 26.0. The van der Waals surface area contributed by atoms with E-state index in [-0.39, 0.29) is 17.6 Å². The fraction of sp³-hybridized carbons (Fsp3) is 0.385. The molecule has 3 aromatic rings. The number of likely N-dealkylation sites (tertiary alicyclic amines) is 1. The second-order valence-corrected chi connectivity index (χ2v) is 9.78. The van der Waals surface area contributed by atoms with Crippen LogP contribution in [0.5, 0.6) is 0 Å². The van der Waals surface area contributed by atoms with E-state index in [0.717, 1.165) is 31.6 Å². The number of benzene rings is 1. The summed E-state index contributed by atoms with van der Waals surface area (Å²) >= 11 is 1.45. The Morgan fingerprint density at radius 2 is 1.97 bits per heavy atom. The van der Waals surface area contributed by atoms with Gasteiger partial charge in [0.05, 0.1) is 11.3 Å². The Bertz CT molecular complexity index is 1200. The Hall–Kier alpha value is -3.11. The molecule has 192 valence electrons. The van der Waals surface area contributed by atoms with E-state index in [9.17, 15) is 18.0 Å². The zero-order chi connectivity index (χ0) is 25.7. The zero-order valence-electron chi connectivity index (χ0n) is 20.1. The smallest absolute Gasteiger partial charge is 0.382 e. The number of allylic oxidation sites excluding steroid dienone is 1. The number of anilines is 2. The van der Waals surface area contributed by atoms with Gasteiger partial charge in [0.2, 0.25) is 0 Å². The molecule has 1 saturated heterocycles. The molecule has 1 aliphatic heterocycles. The summed E-state index contributed by atoms with van der Waals surface area (Å²) in [4.78, 5) is 18.6. The summed E-state index contributed by atoms with van der Waals surface area (Å²) in [5, 5.41) is 14.2. The number of piperidine rings is 1. The number of halogens is 3. The van der Waals surface area contributed by atoms with E-state index in [1.165, 1.54) is 11.3 Å². The lowest BCUT2D eigenvalue weighted by Gasteiger charge is -2.30. The van der Waals surface area contributed by atoms with Gasteiger partial charge >= 0.3 is 6.18 Å². The van der Waals surface area contributed by atoms with Crippen molar-refractivity contribution in [3.8, 4) is 0 Å². The van der Waals surface area contributed by atoms with Gasteiger partial charge in [0.15, 0.2) is 0 Å². The summed E-state index contributed by atoms with van der Waals surface area (Å²) in [7, 11) is 2.08. The maximum Gasteiger partial charge on any atom is 0.417 e. The van der Waals surface area contributed by atoms with Crippen molar-refractivity contribution in [3.05, 3.63) is 58.9 Å². The molecular formula is C26H30F3N5OS. The van der Waals surface area contributed by atoms with Crippen LogP contribution in [0.3, 0.4) is 0 Å². The van der Waals surface area contributed by atoms with Gasteiger partial charge in [-0.15, -0.1) is 0 Å². The molecular weight excluding hydrogens is 487 g/mol. The third kappa shape index (κ3) is 6.36. The number of rotatable bonds is 9. The predicted molar refractivity (Wildman–Crippen MR) is 141 cm³/mol. The van der Waals surface area contributed by atoms with Crippen LogP contribution in [0.15, 0.2) is 47.7 Å². The van der Waals surface area contributed by atoms with E-state index in [1.54, 1.807) is 29.6 Å². The summed E-state index contributed by atoms with van der Waals surface area (Å²) in [6.45, 7) is 6.11. The Labute approximate surface area is 212 Å². The minimum atomic E-state index is -4.60. The predicted octanol–water partition coefficient (Wildman–Crippen LogP) is 5.61. The number of carbonyl (C=O) groups excluding carboxylic acids is 1. The topological polar surface area (TPSA) is 69.3 Å². The number of hydrogen-bond donors (Lipinski definition) is 3. The van der Waals surface area contributed by atoms with Crippen LogP contribution < -0.4 is 16.0 Å². The van der Waals surface area contributed by atoms with Crippen LogP contribution >= 0.6 is 11.3 Å². The summed E-state index contributed by atoms with van der Waals surface area (Å²) < 4.78 is 40.9. The minimum Gasteiger partial charge on any atom is -0.382 e. The van der Waals surface area contributed by atoms with Crippen molar-refractivity contribution in [1.29, 1.82) is 0 Å². The van der Waals surface area contributed by atoms with Crippen LogP contribution in [0, 0.1) is 0 Å². The van der Waals surface area contributed by atoms with Crippen LogP contribution in [-0.2, 0) is 0 Å². The normalized spacial score (nSPS) is 15.1. The fourth-order valence-corrected chi connectivity index (χ4v) is 4.87. The highest BCUT2D eigenvalue weighted by Gasteiger charge is 2.35. The molecule has 1 amide bonds. The number of thiophene rings is 1. The van der Waals surface area contributed by atoms with Crippen molar-refractivity contribution in [2.24, 2.45) is 0 Å². The summed E-state index contributed by atoms with van der Waals surface area (Å²) in [5.41, 5.74) is 0.242. The van der Waals surface area contributed by atoms with Crippen LogP contribution in [0.4, 0.5) is 24.7 Å². The molecule has 0 unspecified atom stereocenters. The lowest BCUT2D eigenvalue weighted by atomic mass is 10.0. The highest BCUT2D eigenvalue weighted by atomic mass is 32.1. The van der Waals surface area contributed by atoms with Gasteiger partial charge in [0.25, 0.3) is 5.91 Å². The number of amides is 1. The van der Waals surface area contributed by atoms with Crippen molar-refractivity contribution in [1.82, 2.24) is 15.2 Å². The standard InChI is InChI=1S/C26H30F3N5OS/c1-17(26(27,28)29)24-20-5-3-6-22(32-19-7-12-34(2)13-8-19)21(20)15-23(33-24)30-10-4-11-31-25(35)18-9-14-36-16-18/h3,5-6,9,14-16,19,32H,1,4,7-8,10-13H2,2H3,(H,30,33)(H,31,35). The molecule has 3 heterocycles. The van der Waals surface area contributed by atoms with Crippen molar-refractivity contribution in [2.75, 3.05) is 43.9 Å². The lowest BCUT2D eigenvalue weighted by molar-refractivity contribution is -0.0688. The van der Waals surface area contributed by atoms with Crippen molar-refractivity contribution in [2.45, 2.75) is 31.5 Å². The van der Waals surface area contributed by atoms with Gasteiger partial charge in [0.1, 0.15) is 5.82 Å². The highest BCUT2D eigenvalue weighted by Crippen LogP contribution is 2.38. The molecule has 0 radical (unpaired) electrons. The quantitative estimate of drug-likeness (QED) is 0.322. The van der Waals surface area contributed by atoms with E-state index in [0.29, 0.717) is 41.7 Å². The van der Waals surface area contributed by atoms with Crippen LogP contribution in [-0.4, -0.2) is 61.2 Å². The summed E-state index contributed by atoms with van der Waals surface area (Å²) in [5.74, 6) is 0.193. The molecule has 0 atom stereocenters. The minimum absolute atomic E-state index is 0.145. The molecule has 0 aliphatic carbocycles. The van der Waals surface area contributed by atoms with Gasteiger partial charge in [0, 0.05) is 46.5 Å². The SMILES string of the molecule is C=C(c1nc(NCCCNC(=O)c2ccsc2)cc2c(NC3CCN(C)CC3)cccc12)C(F)(F)F. The number of nitrogens with one attached hydrogen (secondary N) is 3. The van der Waals surface area contributed by atoms with Crippen molar-refractivity contribution >= 4 is 45.1 Å². The monoisotopic (exact) mass is 517 g/mol. The van der Waals surface area contributed by atoms with Gasteiger partial charge in [-0.25, -0.2) is 4.98 Å². The highest BCUT2D eigenvalue weighted by molar-refractivity contribution is 7.08. The van der Waals surface area contributed by atoms with Crippen molar-refractivity contribution in [3.63, 3.8) is 0 Å². The zero-order valence-corrected chi connectivity index (χ0v) is 20.9. The van der Waals surface area contributed by atoms with Gasteiger partial charge in [-0.1, -0.05) is 18.7 Å². The molecule has 0 bridgehead atoms. The summed E-state index contributed by atoms with van der Waals surface area (Å²) in [6.07, 6.45) is -2.09. The first-order chi connectivity index (χ1) is 17.2. The second-order valence-electron chi connectivity index (χ2n) is 9.00. The molecule has 4 rings (SSSR count). The number of carbonyl (C=O) groups is 1. The van der Waals surface area contributed by atoms with Gasteiger partial charge in [-0.05, 0) is 63.0 Å². The largest absolute Gasteiger partial charge is 0.417 e. The number of alkyl halides is 3. The molecule has 0 spiro atoms. The van der Waals surface area contributed by atoms with Crippen LogP contribution in [0.2, 0.25) is 0 Å². The van der Waals surface area contributed by atoms with Gasteiger partial charge < -0.3 is 20.9 Å². The molecule has 0 saturated carbocycles. The summed E-state index contributed by atoms with van der Waals surface area (Å²) in [6, 6.07) is 9.07. The van der Waals surface area contributed by atoms with E-state index in [4.69, 9.17) is 0 Å².